The van der Waals surface area contributed by atoms with Gasteiger partial charge >= 0.3 is 0 Å². The highest BCUT2D eigenvalue weighted by Crippen LogP contribution is 2.16. The van der Waals surface area contributed by atoms with Crippen LogP contribution in [0.25, 0.3) is 0 Å². The molecular weight excluding hydrogens is 247 g/mol. The summed E-state index contributed by atoms with van der Waals surface area (Å²) >= 11 is 0. The Morgan fingerprint density at radius 1 is 1.32 bits per heavy atom. The molecule has 0 saturated heterocycles. The molecule has 0 aliphatic heterocycles. The lowest BCUT2D eigenvalue weighted by Gasteiger charge is -2.07. The van der Waals surface area contributed by atoms with E-state index in [0.29, 0.717) is 12.3 Å². The van der Waals surface area contributed by atoms with Crippen molar-refractivity contribution < 1.29 is 13.9 Å². The standard InChI is InChI=1S/C14H13FN2O2/c1-19-11-2-3-12(13(15)8-11)14(18)17-9-10-4-6-16-7-5-10/h2-8H,9H2,1H3,(H,17,18). The van der Waals surface area contributed by atoms with E-state index in [1.54, 1.807) is 30.6 Å². The number of carbonyl (C=O) groups is 1. The van der Waals surface area contributed by atoms with Crippen molar-refractivity contribution in [3.63, 3.8) is 0 Å². The maximum absolute atomic E-state index is 13.7. The molecule has 2 aromatic rings. The predicted octanol–water partition coefficient (Wildman–Crippen LogP) is 2.16. The molecule has 5 heteroatoms. The van der Waals surface area contributed by atoms with Crippen LogP contribution in [0.15, 0.2) is 42.7 Å². The van der Waals surface area contributed by atoms with Crippen molar-refractivity contribution in [2.24, 2.45) is 0 Å². The highest BCUT2D eigenvalue weighted by Gasteiger charge is 2.12. The summed E-state index contributed by atoms with van der Waals surface area (Å²) < 4.78 is 18.5. The number of pyridine rings is 1. The van der Waals surface area contributed by atoms with Gasteiger partial charge in [0, 0.05) is 25.0 Å². The number of nitrogens with one attached hydrogen (secondary N) is 1. The second-order valence-corrected chi connectivity index (χ2v) is 3.88. The first kappa shape index (κ1) is 13.0. The smallest absolute Gasteiger partial charge is 0.254 e. The minimum Gasteiger partial charge on any atom is -0.497 e. The van der Waals surface area contributed by atoms with Crippen LogP contribution >= 0.6 is 0 Å². The minimum absolute atomic E-state index is 0.00476. The van der Waals surface area contributed by atoms with Gasteiger partial charge in [0.25, 0.3) is 5.91 Å². The van der Waals surface area contributed by atoms with E-state index in [4.69, 9.17) is 4.74 Å². The first-order valence-corrected chi connectivity index (χ1v) is 5.71. The topological polar surface area (TPSA) is 51.2 Å². The summed E-state index contributed by atoms with van der Waals surface area (Å²) in [6.45, 7) is 0.326. The normalized spacial score (nSPS) is 10.0. The van der Waals surface area contributed by atoms with Crippen LogP contribution in [0.4, 0.5) is 4.39 Å². The van der Waals surface area contributed by atoms with E-state index in [-0.39, 0.29) is 5.56 Å². The monoisotopic (exact) mass is 260 g/mol. The van der Waals surface area contributed by atoms with Gasteiger partial charge in [0.05, 0.1) is 12.7 Å². The van der Waals surface area contributed by atoms with Crippen molar-refractivity contribution >= 4 is 5.91 Å². The van der Waals surface area contributed by atoms with Gasteiger partial charge in [-0.2, -0.15) is 0 Å². The van der Waals surface area contributed by atoms with Crippen LogP contribution in [0, 0.1) is 5.82 Å². The summed E-state index contributed by atoms with van der Waals surface area (Å²) in [7, 11) is 1.44. The zero-order valence-corrected chi connectivity index (χ0v) is 10.4. The summed E-state index contributed by atoms with van der Waals surface area (Å²) in [6.07, 6.45) is 3.27. The van der Waals surface area contributed by atoms with E-state index in [1.165, 1.54) is 19.2 Å². The summed E-state index contributed by atoms with van der Waals surface area (Å²) in [5.41, 5.74) is 0.895. The Morgan fingerprint density at radius 2 is 2.05 bits per heavy atom. The molecule has 0 aliphatic carbocycles. The van der Waals surface area contributed by atoms with Gasteiger partial charge in [-0.25, -0.2) is 4.39 Å². The summed E-state index contributed by atoms with van der Waals surface area (Å²) in [5, 5.41) is 2.65. The third kappa shape index (κ3) is 3.28. The minimum atomic E-state index is -0.605. The molecule has 0 bridgehead atoms. The molecule has 0 aliphatic rings. The highest BCUT2D eigenvalue weighted by atomic mass is 19.1. The van der Waals surface area contributed by atoms with E-state index >= 15 is 0 Å². The van der Waals surface area contributed by atoms with Crippen molar-refractivity contribution in [1.82, 2.24) is 10.3 Å². The molecule has 4 nitrogen and oxygen atoms in total. The maximum atomic E-state index is 13.7. The second kappa shape index (κ2) is 5.95. The van der Waals surface area contributed by atoms with Gasteiger partial charge in [-0.3, -0.25) is 9.78 Å². The zero-order chi connectivity index (χ0) is 13.7. The Bertz CT molecular complexity index is 573. The molecule has 1 N–H and O–H groups in total. The van der Waals surface area contributed by atoms with Crippen LogP contribution in [0.1, 0.15) is 15.9 Å². The molecule has 19 heavy (non-hydrogen) atoms. The fraction of sp³-hybridized carbons (Fsp3) is 0.143. The molecule has 98 valence electrons. The number of carbonyl (C=O) groups excluding carboxylic acids is 1. The first-order valence-electron chi connectivity index (χ1n) is 5.71. The average molecular weight is 260 g/mol. The molecule has 2 rings (SSSR count). The molecule has 0 unspecified atom stereocenters. The number of aromatic nitrogens is 1. The van der Waals surface area contributed by atoms with Crippen LogP contribution in [-0.4, -0.2) is 18.0 Å². The SMILES string of the molecule is COc1ccc(C(=O)NCc2ccncc2)c(F)c1. The Labute approximate surface area is 110 Å². The van der Waals surface area contributed by atoms with Gasteiger partial charge in [0.2, 0.25) is 0 Å². The van der Waals surface area contributed by atoms with E-state index in [1.807, 2.05) is 0 Å². The Hall–Kier alpha value is -2.43. The van der Waals surface area contributed by atoms with Crippen LogP contribution < -0.4 is 10.1 Å². The van der Waals surface area contributed by atoms with Crippen LogP contribution in [-0.2, 0) is 6.54 Å². The number of benzene rings is 1. The third-order valence-corrected chi connectivity index (χ3v) is 2.62. The molecule has 0 spiro atoms. The predicted molar refractivity (Wildman–Crippen MR) is 68.4 cm³/mol. The van der Waals surface area contributed by atoms with Gasteiger partial charge < -0.3 is 10.1 Å². The van der Waals surface area contributed by atoms with Crippen molar-refractivity contribution in [2.75, 3.05) is 7.11 Å². The lowest BCUT2D eigenvalue weighted by Crippen LogP contribution is -2.23. The van der Waals surface area contributed by atoms with E-state index in [0.717, 1.165) is 5.56 Å². The van der Waals surface area contributed by atoms with E-state index in [2.05, 4.69) is 10.3 Å². The van der Waals surface area contributed by atoms with Crippen molar-refractivity contribution in [3.8, 4) is 5.75 Å². The zero-order valence-electron chi connectivity index (χ0n) is 10.4. The first-order chi connectivity index (χ1) is 9.20. The molecule has 1 aromatic carbocycles. The largest absolute Gasteiger partial charge is 0.497 e. The molecule has 0 radical (unpaired) electrons. The van der Waals surface area contributed by atoms with Crippen LogP contribution in [0.3, 0.4) is 0 Å². The highest BCUT2D eigenvalue weighted by molar-refractivity contribution is 5.94. The number of ether oxygens (including phenoxy) is 1. The maximum Gasteiger partial charge on any atom is 0.254 e. The molecular formula is C14H13FN2O2. The van der Waals surface area contributed by atoms with Gasteiger partial charge in [0.1, 0.15) is 11.6 Å². The van der Waals surface area contributed by atoms with Crippen molar-refractivity contribution in [1.29, 1.82) is 0 Å². The molecule has 0 fully saturated rings. The number of amides is 1. The van der Waals surface area contributed by atoms with Crippen molar-refractivity contribution in [2.45, 2.75) is 6.54 Å². The van der Waals surface area contributed by atoms with E-state index < -0.39 is 11.7 Å². The number of nitrogens with zero attached hydrogens (tertiary/aromatic N) is 1. The van der Waals surface area contributed by atoms with Crippen molar-refractivity contribution in [3.05, 3.63) is 59.7 Å². The van der Waals surface area contributed by atoms with E-state index in [9.17, 15) is 9.18 Å². The molecule has 1 heterocycles. The average Bonchev–Trinajstić information content (AvgIpc) is 2.45. The third-order valence-electron chi connectivity index (χ3n) is 2.62. The number of hydrogen-bond acceptors (Lipinski definition) is 3. The number of halogens is 1. The summed E-state index contributed by atoms with van der Waals surface area (Å²) in [4.78, 5) is 15.7. The van der Waals surface area contributed by atoms with Crippen LogP contribution in [0.2, 0.25) is 0 Å². The number of methoxy groups -OCH3 is 1. The van der Waals surface area contributed by atoms with Gasteiger partial charge in [-0.1, -0.05) is 0 Å². The fourth-order valence-corrected chi connectivity index (χ4v) is 1.59. The van der Waals surface area contributed by atoms with Gasteiger partial charge in [-0.15, -0.1) is 0 Å². The summed E-state index contributed by atoms with van der Waals surface area (Å²) in [6, 6.07) is 7.69. The lowest BCUT2D eigenvalue weighted by atomic mass is 10.2. The molecule has 1 aromatic heterocycles. The number of rotatable bonds is 4. The van der Waals surface area contributed by atoms with Gasteiger partial charge in [0.15, 0.2) is 0 Å². The number of hydrogen-bond donors (Lipinski definition) is 1. The fourth-order valence-electron chi connectivity index (χ4n) is 1.59. The van der Waals surface area contributed by atoms with Crippen LogP contribution in [0.5, 0.6) is 5.75 Å². The van der Waals surface area contributed by atoms with Gasteiger partial charge in [-0.05, 0) is 29.8 Å². The summed E-state index contributed by atoms with van der Waals surface area (Å²) in [5.74, 6) is -0.688. The molecule has 0 atom stereocenters. The molecule has 0 saturated carbocycles. The Balaban J connectivity index is 2.04. The Kier molecular flexibility index (Phi) is 4.07. The molecule has 1 amide bonds. The lowest BCUT2D eigenvalue weighted by molar-refractivity contribution is 0.0947. The quantitative estimate of drug-likeness (QED) is 0.916. The Morgan fingerprint density at radius 3 is 2.68 bits per heavy atom. The second-order valence-electron chi connectivity index (χ2n) is 3.88.